The number of nitrogens with zero attached hydrogens (tertiary/aromatic N) is 1. The number of benzene rings is 2. The zero-order valence-corrected chi connectivity index (χ0v) is 18.5. The molecule has 0 fully saturated rings. The standard InChI is InChI=1S/C25H33NO3/c1-7-8-14-28-23-16-19(4)25(20(5)17-23)29-15-13-21-9-11-22(12-10-21)24(18(2)3)26-27-6/h7-12,16-18H,13-15H2,1-6H3/b8-7+,26-24?. The smallest absolute Gasteiger partial charge is 0.125 e. The number of aryl methyl sites for hydroxylation is 2. The van der Waals surface area contributed by atoms with Gasteiger partial charge in [-0.15, -0.1) is 0 Å². The summed E-state index contributed by atoms with van der Waals surface area (Å²) < 4.78 is 11.8. The third-order valence-corrected chi connectivity index (χ3v) is 4.64. The Morgan fingerprint density at radius 1 is 1.03 bits per heavy atom. The maximum Gasteiger partial charge on any atom is 0.125 e. The highest BCUT2D eigenvalue weighted by atomic mass is 16.6. The highest BCUT2D eigenvalue weighted by Gasteiger charge is 2.10. The van der Waals surface area contributed by atoms with Crippen LogP contribution >= 0.6 is 0 Å². The van der Waals surface area contributed by atoms with E-state index in [1.165, 1.54) is 5.56 Å². The first-order valence-corrected chi connectivity index (χ1v) is 10.1. The molecule has 0 unspecified atom stereocenters. The Kier molecular flexibility index (Phi) is 8.78. The Labute approximate surface area is 175 Å². The molecule has 4 heteroatoms. The lowest BCUT2D eigenvalue weighted by Gasteiger charge is -2.15. The van der Waals surface area contributed by atoms with Gasteiger partial charge in [-0.3, -0.25) is 0 Å². The summed E-state index contributed by atoms with van der Waals surface area (Å²) in [6, 6.07) is 12.5. The number of ether oxygens (including phenoxy) is 2. The van der Waals surface area contributed by atoms with Gasteiger partial charge in [0.1, 0.15) is 25.2 Å². The van der Waals surface area contributed by atoms with Crippen molar-refractivity contribution in [3.8, 4) is 11.5 Å². The van der Waals surface area contributed by atoms with Gasteiger partial charge in [0, 0.05) is 6.42 Å². The SMILES string of the molecule is C/C=C/COc1cc(C)c(OCCc2ccc(C(=NOC)C(C)C)cc2)c(C)c1. The fourth-order valence-electron chi connectivity index (χ4n) is 3.17. The molecule has 29 heavy (non-hydrogen) atoms. The Hall–Kier alpha value is -2.75. The minimum absolute atomic E-state index is 0.306. The molecule has 0 bridgehead atoms. The fraction of sp³-hybridized carbons (Fsp3) is 0.400. The lowest BCUT2D eigenvalue weighted by molar-refractivity contribution is 0.212. The first-order chi connectivity index (χ1) is 14.0. The number of allylic oxidation sites excluding steroid dienone is 1. The second-order valence-electron chi connectivity index (χ2n) is 7.38. The van der Waals surface area contributed by atoms with Crippen LogP contribution in [-0.4, -0.2) is 26.0 Å². The number of oxime groups is 1. The van der Waals surface area contributed by atoms with Crippen molar-refractivity contribution in [2.45, 2.75) is 41.0 Å². The highest BCUT2D eigenvalue weighted by molar-refractivity contribution is 6.01. The molecule has 0 heterocycles. The summed E-state index contributed by atoms with van der Waals surface area (Å²) in [4.78, 5) is 4.98. The molecule has 2 rings (SSSR count). The van der Waals surface area contributed by atoms with Gasteiger partial charge in [0.2, 0.25) is 0 Å². The lowest BCUT2D eigenvalue weighted by atomic mass is 9.98. The van der Waals surface area contributed by atoms with Gasteiger partial charge in [0.05, 0.1) is 12.3 Å². The third kappa shape index (κ3) is 6.67. The van der Waals surface area contributed by atoms with Crippen molar-refractivity contribution in [1.82, 2.24) is 0 Å². The Bertz CT molecular complexity index is 813. The van der Waals surface area contributed by atoms with Crippen LogP contribution in [0.5, 0.6) is 11.5 Å². The van der Waals surface area contributed by atoms with Crippen LogP contribution < -0.4 is 9.47 Å². The summed E-state index contributed by atoms with van der Waals surface area (Å²) in [7, 11) is 1.58. The van der Waals surface area contributed by atoms with Crippen LogP contribution in [0.15, 0.2) is 53.7 Å². The normalized spacial score (nSPS) is 11.9. The Balaban J connectivity index is 1.97. The van der Waals surface area contributed by atoms with Crippen LogP contribution in [0.4, 0.5) is 0 Å². The molecule has 0 spiro atoms. The summed E-state index contributed by atoms with van der Waals surface area (Å²) in [5.41, 5.74) is 5.46. The first-order valence-electron chi connectivity index (χ1n) is 10.1. The predicted octanol–water partition coefficient (Wildman–Crippen LogP) is 5.89. The van der Waals surface area contributed by atoms with Gasteiger partial charge in [0.25, 0.3) is 0 Å². The van der Waals surface area contributed by atoms with Gasteiger partial charge in [-0.1, -0.05) is 55.4 Å². The van der Waals surface area contributed by atoms with Gasteiger partial charge in [-0.2, -0.15) is 0 Å². The van der Waals surface area contributed by atoms with Crippen molar-refractivity contribution < 1.29 is 14.3 Å². The quantitative estimate of drug-likeness (QED) is 0.286. The number of hydrogen-bond acceptors (Lipinski definition) is 4. The van der Waals surface area contributed by atoms with Gasteiger partial charge in [-0.05, 0) is 61.1 Å². The largest absolute Gasteiger partial charge is 0.493 e. The molecule has 156 valence electrons. The van der Waals surface area contributed by atoms with E-state index in [1.807, 2.05) is 31.2 Å². The van der Waals surface area contributed by atoms with E-state index in [0.29, 0.717) is 19.1 Å². The van der Waals surface area contributed by atoms with Crippen molar-refractivity contribution in [2.75, 3.05) is 20.3 Å². The maximum absolute atomic E-state index is 6.09. The van der Waals surface area contributed by atoms with E-state index >= 15 is 0 Å². The second-order valence-corrected chi connectivity index (χ2v) is 7.38. The molecule has 0 aromatic heterocycles. The molecule has 0 aliphatic rings. The van der Waals surface area contributed by atoms with E-state index in [0.717, 1.165) is 40.3 Å². The van der Waals surface area contributed by atoms with Crippen molar-refractivity contribution in [3.05, 3.63) is 70.8 Å². The Morgan fingerprint density at radius 2 is 1.69 bits per heavy atom. The monoisotopic (exact) mass is 395 g/mol. The molecule has 0 aliphatic carbocycles. The molecule has 0 N–H and O–H groups in total. The zero-order chi connectivity index (χ0) is 21.2. The van der Waals surface area contributed by atoms with Crippen LogP contribution in [0.1, 0.15) is 43.0 Å². The van der Waals surface area contributed by atoms with Crippen LogP contribution in [-0.2, 0) is 11.3 Å². The van der Waals surface area contributed by atoms with E-state index in [1.54, 1.807) is 7.11 Å². The average Bonchev–Trinajstić information content (AvgIpc) is 2.69. The fourth-order valence-corrected chi connectivity index (χ4v) is 3.17. The molecule has 2 aromatic carbocycles. The van der Waals surface area contributed by atoms with Crippen LogP contribution in [0.25, 0.3) is 0 Å². The molecule has 0 amide bonds. The zero-order valence-electron chi connectivity index (χ0n) is 18.5. The van der Waals surface area contributed by atoms with Crippen LogP contribution in [0.3, 0.4) is 0 Å². The van der Waals surface area contributed by atoms with Gasteiger partial charge in [0.15, 0.2) is 0 Å². The minimum atomic E-state index is 0.306. The van der Waals surface area contributed by atoms with Crippen molar-refractivity contribution in [1.29, 1.82) is 0 Å². The van der Waals surface area contributed by atoms with Crippen molar-refractivity contribution in [3.63, 3.8) is 0 Å². The first kappa shape index (κ1) is 22.5. The van der Waals surface area contributed by atoms with E-state index < -0.39 is 0 Å². The average molecular weight is 396 g/mol. The van der Waals surface area contributed by atoms with E-state index in [9.17, 15) is 0 Å². The predicted molar refractivity (Wildman–Crippen MR) is 120 cm³/mol. The summed E-state index contributed by atoms with van der Waals surface area (Å²) >= 11 is 0. The summed E-state index contributed by atoms with van der Waals surface area (Å²) in [5.74, 6) is 2.12. The summed E-state index contributed by atoms with van der Waals surface area (Å²) in [6.45, 7) is 11.5. The minimum Gasteiger partial charge on any atom is -0.493 e. The molecule has 0 saturated heterocycles. The maximum atomic E-state index is 6.09. The van der Waals surface area contributed by atoms with Gasteiger partial charge < -0.3 is 14.3 Å². The number of hydrogen-bond donors (Lipinski definition) is 0. The molecular weight excluding hydrogens is 362 g/mol. The highest BCUT2D eigenvalue weighted by Crippen LogP contribution is 2.28. The van der Waals surface area contributed by atoms with Crippen LogP contribution in [0, 0.1) is 19.8 Å². The lowest BCUT2D eigenvalue weighted by Crippen LogP contribution is -2.10. The molecule has 0 saturated carbocycles. The molecule has 0 atom stereocenters. The molecule has 2 aromatic rings. The van der Waals surface area contributed by atoms with Gasteiger partial charge in [-0.25, -0.2) is 0 Å². The molecular formula is C25H33NO3. The van der Waals surface area contributed by atoms with E-state index in [4.69, 9.17) is 14.3 Å². The van der Waals surface area contributed by atoms with Crippen molar-refractivity contribution in [2.24, 2.45) is 11.1 Å². The summed E-state index contributed by atoms with van der Waals surface area (Å²) in [5, 5.41) is 4.15. The van der Waals surface area contributed by atoms with Crippen molar-refractivity contribution >= 4 is 5.71 Å². The molecule has 0 aliphatic heterocycles. The number of rotatable bonds is 10. The van der Waals surface area contributed by atoms with E-state index in [-0.39, 0.29) is 0 Å². The second kappa shape index (κ2) is 11.3. The Morgan fingerprint density at radius 3 is 2.24 bits per heavy atom. The van der Waals surface area contributed by atoms with Gasteiger partial charge >= 0.3 is 0 Å². The molecule has 0 radical (unpaired) electrons. The third-order valence-electron chi connectivity index (χ3n) is 4.64. The van der Waals surface area contributed by atoms with E-state index in [2.05, 4.69) is 57.1 Å². The van der Waals surface area contributed by atoms with Crippen LogP contribution in [0.2, 0.25) is 0 Å². The molecule has 4 nitrogen and oxygen atoms in total. The summed E-state index contributed by atoms with van der Waals surface area (Å²) in [6.07, 6.45) is 4.82. The topological polar surface area (TPSA) is 40.0 Å².